The molecule has 0 fully saturated rings. The lowest BCUT2D eigenvalue weighted by atomic mass is 10.1. The molecule has 0 saturated heterocycles. The van der Waals surface area contributed by atoms with Crippen molar-refractivity contribution in [3.63, 3.8) is 0 Å². The lowest BCUT2D eigenvalue weighted by Gasteiger charge is -2.07. The van der Waals surface area contributed by atoms with E-state index in [0.29, 0.717) is 0 Å². The molecule has 6 aromatic rings. The molecule has 0 bridgehead atoms. The van der Waals surface area contributed by atoms with Gasteiger partial charge >= 0.3 is 0 Å². The Labute approximate surface area is 164 Å². The number of hydrogen-bond acceptors (Lipinski definition) is 0. The largest absolute Gasteiger partial charge is 0.354 e. The highest BCUT2D eigenvalue weighted by Crippen LogP contribution is 2.41. The average molecular weight is 411 g/mol. The second-order valence-electron chi connectivity index (χ2n) is 6.86. The van der Waals surface area contributed by atoms with Crippen molar-refractivity contribution in [3.8, 4) is 5.69 Å². The van der Waals surface area contributed by atoms with E-state index < -0.39 is 0 Å². The van der Waals surface area contributed by atoms with Crippen LogP contribution in [0.1, 0.15) is 0 Å². The van der Waals surface area contributed by atoms with E-state index in [-0.39, 0.29) is 0 Å². The molecule has 0 radical (unpaired) electrons. The number of halogens is 1. The molecule has 0 saturated carbocycles. The molecular formula is C24H15BrN2. The van der Waals surface area contributed by atoms with Crippen LogP contribution in [0.25, 0.3) is 49.3 Å². The first-order chi connectivity index (χ1) is 13.3. The van der Waals surface area contributed by atoms with Crippen molar-refractivity contribution in [2.24, 2.45) is 0 Å². The first kappa shape index (κ1) is 15.1. The van der Waals surface area contributed by atoms with E-state index >= 15 is 0 Å². The van der Waals surface area contributed by atoms with Gasteiger partial charge in [0.05, 0.1) is 11.0 Å². The second-order valence-corrected chi connectivity index (χ2v) is 7.71. The lowest BCUT2D eigenvalue weighted by molar-refractivity contribution is 1.18. The maximum atomic E-state index is 3.77. The monoisotopic (exact) mass is 410 g/mol. The molecule has 2 nitrogen and oxygen atoms in total. The third kappa shape index (κ3) is 2.00. The van der Waals surface area contributed by atoms with Crippen LogP contribution < -0.4 is 0 Å². The number of H-pyrrole nitrogens is 1. The zero-order chi connectivity index (χ0) is 18.0. The van der Waals surface area contributed by atoms with Crippen molar-refractivity contribution >= 4 is 59.5 Å². The van der Waals surface area contributed by atoms with Crippen molar-refractivity contribution in [2.45, 2.75) is 0 Å². The Morgan fingerprint density at radius 2 is 1.37 bits per heavy atom. The lowest BCUT2D eigenvalue weighted by Crippen LogP contribution is -1.92. The number of nitrogens with zero attached hydrogens (tertiary/aromatic N) is 1. The highest BCUT2D eigenvalue weighted by atomic mass is 79.9. The van der Waals surface area contributed by atoms with E-state index in [4.69, 9.17) is 0 Å². The number of aromatic amines is 1. The van der Waals surface area contributed by atoms with Crippen molar-refractivity contribution in [1.29, 1.82) is 0 Å². The molecule has 2 aromatic heterocycles. The molecule has 3 heteroatoms. The van der Waals surface area contributed by atoms with Gasteiger partial charge < -0.3 is 9.55 Å². The fourth-order valence-electron chi connectivity index (χ4n) is 4.31. The van der Waals surface area contributed by atoms with Crippen LogP contribution in [-0.4, -0.2) is 9.55 Å². The second kappa shape index (κ2) is 5.48. The number of fused-ring (bicyclic) bond motifs is 7. The molecule has 0 amide bonds. The summed E-state index contributed by atoms with van der Waals surface area (Å²) in [6.45, 7) is 0. The smallest absolute Gasteiger partial charge is 0.0548 e. The third-order valence-electron chi connectivity index (χ3n) is 5.39. The highest BCUT2D eigenvalue weighted by Gasteiger charge is 2.17. The molecule has 27 heavy (non-hydrogen) atoms. The standard InChI is InChI=1S/C24H15BrN2/c25-17-10-6-11-18-23(17)24-19(26-18)13-14-21-22(24)16-9-4-5-12-20(16)27(21)15-7-2-1-3-8-15/h1-14,26H. The topological polar surface area (TPSA) is 20.7 Å². The van der Waals surface area contributed by atoms with Gasteiger partial charge in [-0.15, -0.1) is 0 Å². The Bertz CT molecular complexity index is 1470. The van der Waals surface area contributed by atoms with Crippen molar-refractivity contribution in [2.75, 3.05) is 0 Å². The Balaban J connectivity index is 1.93. The maximum absolute atomic E-state index is 3.77. The summed E-state index contributed by atoms with van der Waals surface area (Å²) in [6.07, 6.45) is 0. The number of nitrogens with one attached hydrogen (secondary N) is 1. The fraction of sp³-hybridized carbons (Fsp3) is 0. The Morgan fingerprint density at radius 1 is 0.593 bits per heavy atom. The summed E-state index contributed by atoms with van der Waals surface area (Å²) < 4.78 is 3.48. The van der Waals surface area contributed by atoms with Crippen LogP contribution >= 0.6 is 15.9 Å². The van der Waals surface area contributed by atoms with E-state index in [0.717, 1.165) is 9.99 Å². The fourth-order valence-corrected chi connectivity index (χ4v) is 4.87. The molecule has 0 aliphatic heterocycles. The van der Waals surface area contributed by atoms with Gasteiger partial charge in [-0.25, -0.2) is 0 Å². The van der Waals surface area contributed by atoms with Gasteiger partial charge in [0.1, 0.15) is 0 Å². The number of benzene rings is 4. The maximum Gasteiger partial charge on any atom is 0.0548 e. The van der Waals surface area contributed by atoms with E-state index in [1.165, 1.54) is 43.8 Å². The predicted octanol–water partition coefficient (Wildman–Crippen LogP) is 7.18. The van der Waals surface area contributed by atoms with Gasteiger partial charge in [-0.1, -0.05) is 58.4 Å². The van der Waals surface area contributed by atoms with Crippen LogP contribution in [0.2, 0.25) is 0 Å². The van der Waals surface area contributed by atoms with Gasteiger partial charge in [-0.05, 0) is 42.5 Å². The first-order valence-electron chi connectivity index (χ1n) is 9.00. The molecule has 1 N–H and O–H groups in total. The molecule has 0 atom stereocenters. The summed E-state index contributed by atoms with van der Waals surface area (Å²) >= 11 is 3.77. The normalized spacial score (nSPS) is 11.9. The van der Waals surface area contributed by atoms with Gasteiger partial charge in [0.25, 0.3) is 0 Å². The zero-order valence-corrected chi connectivity index (χ0v) is 16.0. The molecule has 2 heterocycles. The van der Waals surface area contributed by atoms with Gasteiger partial charge in [-0.2, -0.15) is 0 Å². The van der Waals surface area contributed by atoms with Crippen LogP contribution in [0.3, 0.4) is 0 Å². The minimum Gasteiger partial charge on any atom is -0.354 e. The van der Waals surface area contributed by atoms with E-state index in [1.54, 1.807) is 0 Å². The van der Waals surface area contributed by atoms with Gasteiger partial charge in [0.2, 0.25) is 0 Å². The predicted molar refractivity (Wildman–Crippen MR) is 118 cm³/mol. The van der Waals surface area contributed by atoms with E-state index in [9.17, 15) is 0 Å². The quantitative estimate of drug-likeness (QED) is 0.296. The molecule has 6 rings (SSSR count). The van der Waals surface area contributed by atoms with Crippen LogP contribution in [0.4, 0.5) is 0 Å². The highest BCUT2D eigenvalue weighted by molar-refractivity contribution is 9.10. The Kier molecular flexibility index (Phi) is 3.06. The van der Waals surface area contributed by atoms with Crippen molar-refractivity contribution in [1.82, 2.24) is 9.55 Å². The number of hydrogen-bond donors (Lipinski definition) is 1. The summed E-state index contributed by atoms with van der Waals surface area (Å²) in [5.74, 6) is 0. The Morgan fingerprint density at radius 3 is 2.26 bits per heavy atom. The molecular weight excluding hydrogens is 396 g/mol. The summed E-state index contributed by atoms with van der Waals surface area (Å²) in [7, 11) is 0. The van der Waals surface area contributed by atoms with Crippen LogP contribution in [0, 0.1) is 0 Å². The number of aromatic nitrogens is 2. The zero-order valence-electron chi connectivity index (χ0n) is 14.4. The van der Waals surface area contributed by atoms with Crippen LogP contribution in [0.5, 0.6) is 0 Å². The molecule has 0 aliphatic rings. The van der Waals surface area contributed by atoms with Gasteiger partial charge in [0.15, 0.2) is 0 Å². The third-order valence-corrected chi connectivity index (χ3v) is 6.05. The minimum absolute atomic E-state index is 1.12. The average Bonchev–Trinajstić information content (AvgIpc) is 3.24. The first-order valence-corrected chi connectivity index (χ1v) is 9.80. The minimum atomic E-state index is 1.12. The molecule has 0 spiro atoms. The Hall–Kier alpha value is -3.04. The van der Waals surface area contributed by atoms with Gasteiger partial charge in [-0.3, -0.25) is 0 Å². The number of para-hydroxylation sites is 2. The van der Waals surface area contributed by atoms with Crippen molar-refractivity contribution in [3.05, 3.63) is 89.4 Å². The van der Waals surface area contributed by atoms with E-state index in [1.807, 2.05) is 0 Å². The van der Waals surface area contributed by atoms with Gasteiger partial charge in [0, 0.05) is 42.7 Å². The number of rotatable bonds is 1. The SMILES string of the molecule is Brc1cccc2[nH]c3ccc4c(c5ccccc5n4-c4ccccc4)c3c12. The summed E-state index contributed by atoms with van der Waals surface area (Å²) in [6, 6.07) is 30.0. The van der Waals surface area contributed by atoms with Crippen LogP contribution in [-0.2, 0) is 0 Å². The summed E-state index contributed by atoms with van der Waals surface area (Å²) in [5, 5.41) is 5.10. The molecule has 4 aromatic carbocycles. The molecule has 0 unspecified atom stereocenters. The summed E-state index contributed by atoms with van der Waals surface area (Å²) in [5.41, 5.74) is 5.96. The van der Waals surface area contributed by atoms with Crippen molar-refractivity contribution < 1.29 is 0 Å². The molecule has 128 valence electrons. The van der Waals surface area contributed by atoms with Crippen LogP contribution in [0.15, 0.2) is 89.4 Å². The molecule has 0 aliphatic carbocycles. The summed E-state index contributed by atoms with van der Waals surface area (Å²) in [4.78, 5) is 3.59. The van der Waals surface area contributed by atoms with E-state index in [2.05, 4.69) is 110 Å².